The van der Waals surface area contributed by atoms with Crippen LogP contribution in [0.5, 0.6) is 11.5 Å². The lowest BCUT2D eigenvalue weighted by molar-refractivity contribution is -0.149. The second-order valence-corrected chi connectivity index (χ2v) is 9.30. The highest BCUT2D eigenvalue weighted by Gasteiger charge is 2.23. The van der Waals surface area contributed by atoms with Gasteiger partial charge in [-0.25, -0.2) is 9.78 Å². The molecule has 0 spiro atoms. The predicted octanol–water partition coefficient (Wildman–Crippen LogP) is 3.86. The van der Waals surface area contributed by atoms with Crippen LogP contribution >= 0.6 is 23.1 Å². The van der Waals surface area contributed by atoms with E-state index in [1.54, 1.807) is 31.4 Å². The van der Waals surface area contributed by atoms with Crippen molar-refractivity contribution in [3.63, 3.8) is 0 Å². The molecule has 1 heterocycles. The number of amides is 2. The summed E-state index contributed by atoms with van der Waals surface area (Å²) in [5.74, 6) is 0.358. The molecule has 0 aliphatic rings. The lowest BCUT2D eigenvalue weighted by Crippen LogP contribution is -2.43. The maximum Gasteiger partial charge on any atom is 0.329 e. The number of carbonyl (C=O) groups is 3. The number of esters is 1. The van der Waals surface area contributed by atoms with Gasteiger partial charge in [0.15, 0.2) is 11.7 Å². The fourth-order valence-corrected chi connectivity index (χ4v) is 4.29. The summed E-state index contributed by atoms with van der Waals surface area (Å²) in [4.78, 5) is 42.0. The highest BCUT2D eigenvalue weighted by atomic mass is 32.2. The summed E-state index contributed by atoms with van der Waals surface area (Å²) in [5.41, 5.74) is 1.96. The minimum atomic E-state index is -0.888. The minimum Gasteiger partial charge on any atom is -0.497 e. The van der Waals surface area contributed by atoms with Gasteiger partial charge in [0.25, 0.3) is 11.8 Å². The molecular weight excluding hydrogens is 502 g/mol. The first-order chi connectivity index (χ1) is 17.4. The van der Waals surface area contributed by atoms with Crippen molar-refractivity contribution in [2.24, 2.45) is 0 Å². The van der Waals surface area contributed by atoms with E-state index in [-0.39, 0.29) is 0 Å². The van der Waals surface area contributed by atoms with Gasteiger partial charge in [-0.1, -0.05) is 0 Å². The summed E-state index contributed by atoms with van der Waals surface area (Å²) >= 11 is 2.79. The van der Waals surface area contributed by atoms with Gasteiger partial charge in [-0.15, -0.1) is 11.3 Å². The van der Waals surface area contributed by atoms with E-state index in [9.17, 15) is 14.4 Å². The summed E-state index contributed by atoms with van der Waals surface area (Å²) in [6.45, 7) is -0.496. The first-order valence-corrected chi connectivity index (χ1v) is 13.2. The van der Waals surface area contributed by atoms with Gasteiger partial charge in [0.1, 0.15) is 17.5 Å². The Morgan fingerprint density at radius 1 is 1.00 bits per heavy atom. The van der Waals surface area contributed by atoms with Crippen molar-refractivity contribution in [1.82, 2.24) is 10.3 Å². The van der Waals surface area contributed by atoms with E-state index in [1.807, 2.05) is 35.9 Å². The topological polar surface area (TPSA) is 116 Å². The summed E-state index contributed by atoms with van der Waals surface area (Å²) in [6.07, 6.45) is 2.26. The predicted molar refractivity (Wildman–Crippen MR) is 141 cm³/mol. The van der Waals surface area contributed by atoms with Crippen molar-refractivity contribution in [1.29, 1.82) is 0 Å². The molecule has 1 aromatic heterocycles. The number of hydrogen-bond donors (Lipinski definition) is 2. The smallest absolute Gasteiger partial charge is 0.329 e. The van der Waals surface area contributed by atoms with E-state index in [0.29, 0.717) is 34.3 Å². The molecule has 0 bridgehead atoms. The molecule has 11 heteroatoms. The van der Waals surface area contributed by atoms with Crippen LogP contribution in [-0.2, 0) is 14.3 Å². The molecule has 36 heavy (non-hydrogen) atoms. The third kappa shape index (κ3) is 7.72. The third-order valence-electron chi connectivity index (χ3n) is 5.03. The molecule has 0 aliphatic heterocycles. The SMILES string of the molecule is COc1ccc(C(=O)NC(CCSC)C(=O)OCC(=O)Nc2nc(-c3ccc(OC)cc3)cs2)cc1. The number of benzene rings is 2. The van der Waals surface area contributed by atoms with E-state index in [1.165, 1.54) is 30.2 Å². The Bertz CT molecular complexity index is 1170. The number of methoxy groups -OCH3 is 2. The summed E-state index contributed by atoms with van der Waals surface area (Å²) in [6, 6.07) is 13.0. The highest BCUT2D eigenvalue weighted by Crippen LogP contribution is 2.26. The Balaban J connectivity index is 1.53. The first-order valence-electron chi connectivity index (χ1n) is 10.9. The van der Waals surface area contributed by atoms with E-state index < -0.39 is 30.4 Å². The standard InChI is InChI=1S/C25H27N3O6S2/c1-32-18-8-4-16(5-9-18)21-15-36-25(27-21)28-22(29)14-34-24(31)20(12-13-35-3)26-23(30)17-6-10-19(33-2)11-7-17/h4-11,15,20H,12-14H2,1-3H3,(H,26,30)(H,27,28,29). The molecule has 2 amide bonds. The molecule has 9 nitrogen and oxygen atoms in total. The Kier molecular flexibility index (Phi) is 10.1. The van der Waals surface area contributed by atoms with Crippen LogP contribution in [0.3, 0.4) is 0 Å². The molecule has 2 aromatic carbocycles. The number of aromatic nitrogens is 1. The Hall–Kier alpha value is -3.57. The number of thioether (sulfide) groups is 1. The van der Waals surface area contributed by atoms with Gasteiger partial charge >= 0.3 is 5.97 Å². The van der Waals surface area contributed by atoms with Gasteiger partial charge in [0, 0.05) is 16.5 Å². The van der Waals surface area contributed by atoms with Gasteiger partial charge in [0.2, 0.25) is 0 Å². The summed E-state index contributed by atoms with van der Waals surface area (Å²) in [5, 5.41) is 7.52. The number of ether oxygens (including phenoxy) is 3. The largest absolute Gasteiger partial charge is 0.497 e. The average molecular weight is 530 g/mol. The van der Waals surface area contributed by atoms with Crippen LogP contribution in [0, 0.1) is 0 Å². The van der Waals surface area contributed by atoms with Crippen LogP contribution in [-0.4, -0.2) is 61.6 Å². The van der Waals surface area contributed by atoms with Crippen molar-refractivity contribution < 1.29 is 28.6 Å². The second-order valence-electron chi connectivity index (χ2n) is 7.46. The van der Waals surface area contributed by atoms with Crippen molar-refractivity contribution in [3.8, 4) is 22.8 Å². The summed E-state index contributed by atoms with van der Waals surface area (Å²) < 4.78 is 15.4. The number of anilines is 1. The number of rotatable bonds is 12. The van der Waals surface area contributed by atoms with Crippen LogP contribution in [0.4, 0.5) is 5.13 Å². The van der Waals surface area contributed by atoms with Crippen LogP contribution < -0.4 is 20.1 Å². The fourth-order valence-electron chi connectivity index (χ4n) is 3.09. The molecule has 0 fully saturated rings. The first kappa shape index (κ1) is 27.0. The van der Waals surface area contributed by atoms with Gasteiger partial charge in [-0.3, -0.25) is 14.9 Å². The van der Waals surface area contributed by atoms with E-state index in [4.69, 9.17) is 14.2 Å². The van der Waals surface area contributed by atoms with Crippen molar-refractivity contribution in [3.05, 3.63) is 59.5 Å². The van der Waals surface area contributed by atoms with Gasteiger partial charge in [-0.05, 0) is 67.0 Å². The zero-order chi connectivity index (χ0) is 25.9. The zero-order valence-corrected chi connectivity index (χ0v) is 21.7. The zero-order valence-electron chi connectivity index (χ0n) is 20.1. The van der Waals surface area contributed by atoms with E-state index in [0.717, 1.165) is 11.3 Å². The number of nitrogens with zero attached hydrogens (tertiary/aromatic N) is 1. The minimum absolute atomic E-state index is 0.362. The van der Waals surface area contributed by atoms with E-state index in [2.05, 4.69) is 15.6 Å². The average Bonchev–Trinajstić information content (AvgIpc) is 3.37. The number of carbonyl (C=O) groups excluding carboxylic acids is 3. The lowest BCUT2D eigenvalue weighted by atomic mass is 10.1. The van der Waals surface area contributed by atoms with Crippen molar-refractivity contribution in [2.75, 3.05) is 38.2 Å². The van der Waals surface area contributed by atoms with Crippen LogP contribution in [0.1, 0.15) is 16.8 Å². The molecule has 0 radical (unpaired) electrons. The van der Waals surface area contributed by atoms with Crippen molar-refractivity contribution >= 4 is 46.0 Å². The maximum absolute atomic E-state index is 12.6. The monoisotopic (exact) mass is 529 g/mol. The van der Waals surface area contributed by atoms with Gasteiger partial charge in [0.05, 0.1) is 19.9 Å². The summed E-state index contributed by atoms with van der Waals surface area (Å²) in [7, 11) is 3.13. The molecule has 2 N–H and O–H groups in total. The number of thiazole rings is 1. The molecule has 3 aromatic rings. The van der Waals surface area contributed by atoms with Gasteiger partial charge in [-0.2, -0.15) is 11.8 Å². The molecule has 0 saturated carbocycles. The lowest BCUT2D eigenvalue weighted by Gasteiger charge is -2.17. The highest BCUT2D eigenvalue weighted by molar-refractivity contribution is 7.98. The Morgan fingerprint density at radius 3 is 2.25 bits per heavy atom. The Labute approximate surface area is 217 Å². The van der Waals surface area contributed by atoms with Gasteiger partial charge < -0.3 is 19.5 Å². The molecule has 3 rings (SSSR count). The number of nitrogens with one attached hydrogen (secondary N) is 2. The normalized spacial score (nSPS) is 11.3. The Morgan fingerprint density at radius 2 is 1.64 bits per heavy atom. The van der Waals surface area contributed by atoms with Crippen LogP contribution in [0.2, 0.25) is 0 Å². The second kappa shape index (κ2) is 13.5. The quantitative estimate of drug-likeness (QED) is 0.340. The third-order valence-corrected chi connectivity index (χ3v) is 6.44. The fraction of sp³-hybridized carbons (Fsp3) is 0.280. The van der Waals surface area contributed by atoms with Crippen molar-refractivity contribution in [2.45, 2.75) is 12.5 Å². The molecular formula is C25H27N3O6S2. The van der Waals surface area contributed by atoms with Crippen LogP contribution in [0.15, 0.2) is 53.9 Å². The number of hydrogen-bond acceptors (Lipinski definition) is 9. The maximum atomic E-state index is 12.6. The molecule has 190 valence electrons. The van der Waals surface area contributed by atoms with E-state index >= 15 is 0 Å². The molecule has 0 saturated heterocycles. The molecule has 0 aliphatic carbocycles. The van der Waals surface area contributed by atoms with Crippen LogP contribution in [0.25, 0.3) is 11.3 Å². The molecule has 1 atom stereocenters. The molecule has 1 unspecified atom stereocenters.